The quantitative estimate of drug-likeness (QED) is 0.666. The van der Waals surface area contributed by atoms with E-state index in [1.807, 2.05) is 20.8 Å². The van der Waals surface area contributed by atoms with Gasteiger partial charge in [-0.15, -0.1) is 11.3 Å². The molecule has 0 bridgehead atoms. The Balaban J connectivity index is 2.07. The zero-order valence-electron chi connectivity index (χ0n) is 17.0. The van der Waals surface area contributed by atoms with Gasteiger partial charge in [-0.3, -0.25) is 9.59 Å². The van der Waals surface area contributed by atoms with Gasteiger partial charge in [0.05, 0.1) is 12.2 Å². The molecule has 6 heteroatoms. The van der Waals surface area contributed by atoms with Crippen molar-refractivity contribution in [1.29, 1.82) is 0 Å². The number of ether oxygens (including phenoxy) is 1. The first-order valence-electron chi connectivity index (χ1n) is 9.32. The van der Waals surface area contributed by atoms with Crippen LogP contribution in [-0.4, -0.2) is 31.6 Å². The fourth-order valence-corrected chi connectivity index (χ4v) is 4.66. The minimum atomic E-state index is -0.156. The number of hydrogen-bond donors (Lipinski definition) is 2. The predicted octanol–water partition coefficient (Wildman–Crippen LogP) is 4.14. The van der Waals surface area contributed by atoms with Gasteiger partial charge >= 0.3 is 0 Å². The van der Waals surface area contributed by atoms with Gasteiger partial charge < -0.3 is 15.4 Å². The van der Waals surface area contributed by atoms with Gasteiger partial charge in [-0.2, -0.15) is 0 Å². The lowest BCUT2D eigenvalue weighted by Crippen LogP contribution is -2.29. The number of nitrogens with one attached hydrogen (secondary N) is 2. The highest BCUT2D eigenvalue weighted by Gasteiger charge is 2.68. The molecule has 5 nitrogen and oxygen atoms in total. The smallest absolute Gasteiger partial charge is 0.254 e. The van der Waals surface area contributed by atoms with Crippen LogP contribution in [0.25, 0.3) is 0 Å². The molecule has 0 spiro atoms. The lowest BCUT2D eigenvalue weighted by atomic mass is 10.0. The third-order valence-corrected chi connectivity index (χ3v) is 7.14. The third-order valence-electron chi connectivity index (χ3n) is 6.01. The maximum atomic E-state index is 12.8. The molecule has 0 saturated heterocycles. The second-order valence-corrected chi connectivity index (χ2v) is 9.45. The summed E-state index contributed by atoms with van der Waals surface area (Å²) in [6.07, 6.45) is 0.959. The van der Waals surface area contributed by atoms with Crippen molar-refractivity contribution in [2.24, 2.45) is 16.7 Å². The minimum absolute atomic E-state index is 0.00146. The first kappa shape index (κ1) is 20.9. The van der Waals surface area contributed by atoms with Crippen molar-refractivity contribution in [2.75, 3.05) is 25.1 Å². The molecular formula is C20H32N2O3S. The summed E-state index contributed by atoms with van der Waals surface area (Å²) in [6.45, 7) is 16.1. The highest BCUT2D eigenvalue weighted by atomic mass is 32.1. The van der Waals surface area contributed by atoms with E-state index in [0.29, 0.717) is 30.3 Å². The van der Waals surface area contributed by atoms with Gasteiger partial charge in [0.1, 0.15) is 5.00 Å². The van der Waals surface area contributed by atoms with E-state index >= 15 is 0 Å². The summed E-state index contributed by atoms with van der Waals surface area (Å²) in [5.74, 6) is -0.200. The second kappa shape index (κ2) is 7.69. The number of anilines is 1. The Kier molecular flexibility index (Phi) is 6.18. The Morgan fingerprint density at radius 1 is 1.12 bits per heavy atom. The van der Waals surface area contributed by atoms with E-state index in [1.54, 1.807) is 0 Å². The van der Waals surface area contributed by atoms with Crippen molar-refractivity contribution in [3.05, 3.63) is 16.0 Å². The number of thiophene rings is 1. The largest absolute Gasteiger partial charge is 0.380 e. The second-order valence-electron chi connectivity index (χ2n) is 8.22. The lowest BCUT2D eigenvalue weighted by molar-refractivity contribution is -0.118. The van der Waals surface area contributed by atoms with Crippen LogP contribution in [0, 0.1) is 30.6 Å². The molecule has 1 aliphatic rings. The number of hydrogen-bond acceptors (Lipinski definition) is 4. The molecule has 1 aliphatic carbocycles. The van der Waals surface area contributed by atoms with Gasteiger partial charge in [-0.25, -0.2) is 0 Å². The van der Waals surface area contributed by atoms with Crippen LogP contribution in [-0.2, 0) is 9.53 Å². The number of aryl methyl sites for hydroxylation is 1. The predicted molar refractivity (Wildman–Crippen MR) is 107 cm³/mol. The molecule has 2 rings (SSSR count). The van der Waals surface area contributed by atoms with Crippen LogP contribution in [0.4, 0.5) is 5.00 Å². The molecule has 1 heterocycles. The summed E-state index contributed by atoms with van der Waals surface area (Å²) in [5.41, 5.74) is 1.44. The van der Waals surface area contributed by atoms with Crippen LogP contribution in [0.15, 0.2) is 0 Å². The molecule has 0 aliphatic heterocycles. The fourth-order valence-electron chi connectivity index (χ4n) is 3.60. The standard InChI is InChI=1S/C20H32N2O3S/c1-8-10-25-11-9-21-16(23)14-12(2)13(3)26-18(14)22-17(24)15-19(4,5)20(15,6)7/h15H,8-11H2,1-7H3,(H,21,23)(H,22,24). The topological polar surface area (TPSA) is 67.4 Å². The average molecular weight is 381 g/mol. The van der Waals surface area contributed by atoms with E-state index in [1.165, 1.54) is 11.3 Å². The van der Waals surface area contributed by atoms with E-state index in [0.717, 1.165) is 16.9 Å². The summed E-state index contributed by atoms with van der Waals surface area (Å²) in [5, 5.41) is 6.57. The molecule has 0 radical (unpaired) electrons. The van der Waals surface area contributed by atoms with Crippen LogP contribution >= 0.6 is 11.3 Å². The van der Waals surface area contributed by atoms with E-state index in [9.17, 15) is 9.59 Å². The summed E-state index contributed by atoms with van der Waals surface area (Å²) in [6, 6.07) is 0. The van der Waals surface area contributed by atoms with Gasteiger partial charge in [-0.1, -0.05) is 34.6 Å². The zero-order valence-corrected chi connectivity index (χ0v) is 17.9. The first-order chi connectivity index (χ1) is 12.1. The summed E-state index contributed by atoms with van der Waals surface area (Å²) in [4.78, 5) is 26.5. The number of amides is 2. The number of carbonyl (C=O) groups is 2. The van der Waals surface area contributed by atoms with Gasteiger partial charge in [0.15, 0.2) is 0 Å². The average Bonchev–Trinajstić information content (AvgIpc) is 2.77. The lowest BCUT2D eigenvalue weighted by Gasteiger charge is -2.10. The minimum Gasteiger partial charge on any atom is -0.380 e. The van der Waals surface area contributed by atoms with Crippen molar-refractivity contribution < 1.29 is 14.3 Å². The molecule has 2 N–H and O–H groups in total. The Morgan fingerprint density at radius 3 is 2.27 bits per heavy atom. The van der Waals surface area contributed by atoms with E-state index in [-0.39, 0.29) is 28.6 Å². The molecule has 2 amide bonds. The highest BCUT2D eigenvalue weighted by Crippen LogP contribution is 2.68. The number of rotatable bonds is 8. The molecule has 1 aromatic rings. The summed E-state index contributed by atoms with van der Waals surface area (Å²) < 4.78 is 5.40. The van der Waals surface area contributed by atoms with Crippen molar-refractivity contribution in [2.45, 2.75) is 54.9 Å². The van der Waals surface area contributed by atoms with E-state index < -0.39 is 0 Å². The van der Waals surface area contributed by atoms with Crippen LogP contribution in [0.5, 0.6) is 0 Å². The van der Waals surface area contributed by atoms with E-state index in [4.69, 9.17) is 4.74 Å². The van der Waals surface area contributed by atoms with Gasteiger partial charge in [0.2, 0.25) is 5.91 Å². The SMILES string of the molecule is CCCOCCNC(=O)c1c(NC(=O)C2C(C)(C)C2(C)C)sc(C)c1C. The third kappa shape index (κ3) is 3.81. The van der Waals surface area contributed by atoms with Gasteiger partial charge in [0, 0.05) is 23.9 Å². The molecule has 0 aromatic carbocycles. The molecule has 0 unspecified atom stereocenters. The maximum absolute atomic E-state index is 12.8. The van der Waals surface area contributed by atoms with Gasteiger partial charge in [-0.05, 0) is 36.7 Å². The molecular weight excluding hydrogens is 348 g/mol. The van der Waals surface area contributed by atoms with E-state index in [2.05, 4.69) is 38.3 Å². The van der Waals surface area contributed by atoms with Crippen molar-refractivity contribution >= 4 is 28.2 Å². The summed E-state index contributed by atoms with van der Waals surface area (Å²) in [7, 11) is 0. The van der Waals surface area contributed by atoms with Crippen LogP contribution in [0.1, 0.15) is 61.8 Å². The van der Waals surface area contributed by atoms with Crippen LogP contribution in [0.2, 0.25) is 0 Å². The first-order valence-corrected chi connectivity index (χ1v) is 10.1. The Hall–Kier alpha value is -1.40. The van der Waals surface area contributed by atoms with Crippen molar-refractivity contribution in [3.63, 3.8) is 0 Å². The molecule has 146 valence electrons. The Bertz CT molecular complexity index is 677. The normalized spacial score (nSPS) is 17.8. The van der Waals surface area contributed by atoms with Crippen LogP contribution < -0.4 is 10.6 Å². The Morgan fingerprint density at radius 2 is 1.73 bits per heavy atom. The highest BCUT2D eigenvalue weighted by molar-refractivity contribution is 7.16. The Labute approximate surface area is 160 Å². The van der Waals surface area contributed by atoms with Crippen LogP contribution in [0.3, 0.4) is 0 Å². The molecule has 1 aromatic heterocycles. The molecule has 1 fully saturated rings. The fraction of sp³-hybridized carbons (Fsp3) is 0.700. The zero-order chi connectivity index (χ0) is 19.7. The molecule has 0 atom stereocenters. The monoisotopic (exact) mass is 380 g/mol. The van der Waals surface area contributed by atoms with Crippen molar-refractivity contribution in [1.82, 2.24) is 5.32 Å². The molecule has 26 heavy (non-hydrogen) atoms. The summed E-state index contributed by atoms with van der Waals surface area (Å²) >= 11 is 1.47. The maximum Gasteiger partial charge on any atom is 0.254 e. The van der Waals surface area contributed by atoms with Crippen molar-refractivity contribution in [3.8, 4) is 0 Å². The van der Waals surface area contributed by atoms with Gasteiger partial charge in [0.25, 0.3) is 5.91 Å². The number of carbonyl (C=O) groups excluding carboxylic acids is 2. The molecule has 1 saturated carbocycles.